The predicted molar refractivity (Wildman–Crippen MR) is 59.1 cm³/mol. The monoisotopic (exact) mass is 261 g/mol. The van der Waals surface area contributed by atoms with Crippen molar-refractivity contribution in [2.45, 2.75) is 12.5 Å². The van der Waals surface area contributed by atoms with Gasteiger partial charge in [0, 0.05) is 19.2 Å². The molecule has 0 rings (SSSR count). The summed E-state index contributed by atoms with van der Waals surface area (Å²) in [5.74, 6) is 4.66. The number of rotatable bonds is 7. The molecule has 0 fully saturated rings. The van der Waals surface area contributed by atoms with E-state index >= 15 is 0 Å². The van der Waals surface area contributed by atoms with Gasteiger partial charge in [0.1, 0.15) is 6.04 Å². The van der Waals surface area contributed by atoms with Crippen LogP contribution in [0.3, 0.4) is 0 Å². The van der Waals surface area contributed by atoms with Gasteiger partial charge in [0.15, 0.2) is 0 Å². The Labute approximate surface area is 102 Å². The van der Waals surface area contributed by atoms with E-state index in [1.807, 2.05) is 0 Å². The number of hydroxylamine groups is 1. The lowest BCUT2D eigenvalue weighted by atomic mass is 10.1. The van der Waals surface area contributed by atoms with Crippen molar-refractivity contribution in [1.29, 1.82) is 0 Å². The number of hydrogen-bond acceptors (Lipinski definition) is 7. The molecule has 0 spiro atoms. The Kier molecular flexibility index (Phi) is 6.66. The van der Waals surface area contributed by atoms with E-state index in [0.29, 0.717) is 11.6 Å². The van der Waals surface area contributed by atoms with Crippen molar-refractivity contribution in [3.8, 4) is 0 Å². The number of carbonyl (C=O) groups excluding carboxylic acids is 2. The molecule has 0 aliphatic rings. The van der Waals surface area contributed by atoms with E-state index in [1.165, 1.54) is 7.05 Å². The van der Waals surface area contributed by atoms with E-state index in [-0.39, 0.29) is 12.1 Å². The number of carbonyl (C=O) groups is 3. The number of carboxylic acid groups (broad SMARTS) is 1. The summed E-state index contributed by atoms with van der Waals surface area (Å²) in [6.45, 7) is 0. The van der Waals surface area contributed by atoms with E-state index in [4.69, 9.17) is 16.7 Å². The molecule has 0 aliphatic heterocycles. The normalized spacial score (nSPS) is 12.2. The molecule has 7 N–H and O–H groups in total. The zero-order chi connectivity index (χ0) is 14.1. The Bertz CT molecular complexity index is 345. The third-order valence-electron chi connectivity index (χ3n) is 1.75. The molecule has 0 saturated heterocycles. The zero-order valence-corrected chi connectivity index (χ0v) is 9.62. The van der Waals surface area contributed by atoms with E-state index < -0.39 is 18.1 Å². The molecule has 10 nitrogen and oxygen atoms in total. The van der Waals surface area contributed by atoms with Crippen LogP contribution in [0, 0.1) is 0 Å². The maximum Gasteiger partial charge on any atom is 0.532 e. The first kappa shape index (κ1) is 15.5. The Balaban J connectivity index is 4.52. The van der Waals surface area contributed by atoms with Crippen LogP contribution in [0.4, 0.5) is 4.79 Å². The molecule has 10 heteroatoms. The molecule has 0 aromatic rings. The van der Waals surface area contributed by atoms with Crippen LogP contribution in [0.2, 0.25) is 0 Å². The summed E-state index contributed by atoms with van der Waals surface area (Å²) in [6, 6.07) is -0.887. The van der Waals surface area contributed by atoms with Gasteiger partial charge in [0.05, 0.1) is 6.20 Å². The molecule has 0 radical (unpaired) electrons. The number of hydrogen-bond donors (Lipinski definition) is 5. The minimum Gasteiger partial charge on any atom is -0.448 e. The third kappa shape index (κ3) is 6.17. The number of nitrogens with zero attached hydrogens (tertiary/aromatic N) is 1. The Morgan fingerprint density at radius 2 is 2.17 bits per heavy atom. The highest BCUT2D eigenvalue weighted by molar-refractivity contribution is 5.83. The lowest BCUT2D eigenvalue weighted by Crippen LogP contribution is -2.43. The first-order chi connectivity index (χ1) is 8.40. The molecular formula is C8H15N5O5. The van der Waals surface area contributed by atoms with Crippen LogP contribution in [-0.4, -0.2) is 41.8 Å². The number of nitrogens with one attached hydrogen (secondary N) is 2. The van der Waals surface area contributed by atoms with Crippen LogP contribution < -0.4 is 22.2 Å². The molecule has 0 aromatic carbocycles. The van der Waals surface area contributed by atoms with Gasteiger partial charge in [-0.1, -0.05) is 0 Å². The van der Waals surface area contributed by atoms with Crippen molar-refractivity contribution in [3.63, 3.8) is 0 Å². The number of hydrazine groups is 1. The first-order valence-corrected chi connectivity index (χ1v) is 4.73. The molecule has 18 heavy (non-hydrogen) atoms. The van der Waals surface area contributed by atoms with Gasteiger partial charge in [-0.3, -0.25) is 14.4 Å². The van der Waals surface area contributed by atoms with E-state index in [9.17, 15) is 14.4 Å². The van der Waals surface area contributed by atoms with Gasteiger partial charge in [-0.2, -0.15) is 0 Å². The van der Waals surface area contributed by atoms with Crippen molar-refractivity contribution >= 4 is 18.5 Å². The lowest BCUT2D eigenvalue weighted by molar-refractivity contribution is -0.124. The highest BCUT2D eigenvalue weighted by Gasteiger charge is 2.17. The van der Waals surface area contributed by atoms with Gasteiger partial charge in [0.25, 0.3) is 0 Å². The number of nitrogens with two attached hydrogens (primary N) is 2. The fourth-order valence-electron chi connectivity index (χ4n) is 1.05. The molecule has 1 unspecified atom stereocenters. The summed E-state index contributed by atoms with van der Waals surface area (Å²) in [5, 5.41) is 13.2. The lowest BCUT2D eigenvalue weighted by Gasteiger charge is -2.16. The standard InChI is InChI=1S/C8H15N5O5/c1-11-7(15)6(12-4-14)2-5(9)3-13(10)18-8(16)17/h3-4,6H,2,9-10H2,1H3,(H,11,15)(H,12,14)(H,16,17)/b5-3-. The Morgan fingerprint density at radius 1 is 1.56 bits per heavy atom. The maximum atomic E-state index is 11.3. The fourth-order valence-corrected chi connectivity index (χ4v) is 1.05. The molecule has 0 saturated carbocycles. The molecule has 0 heterocycles. The highest BCUT2D eigenvalue weighted by Crippen LogP contribution is 2.01. The van der Waals surface area contributed by atoms with Crippen molar-refractivity contribution < 1.29 is 24.3 Å². The van der Waals surface area contributed by atoms with Gasteiger partial charge in [-0.05, 0) is 0 Å². The summed E-state index contributed by atoms with van der Waals surface area (Å²) < 4.78 is 0. The molecule has 0 aromatic heterocycles. The van der Waals surface area contributed by atoms with Crippen molar-refractivity contribution in [2.24, 2.45) is 11.6 Å². The van der Waals surface area contributed by atoms with Gasteiger partial charge < -0.3 is 21.5 Å². The minimum absolute atomic E-state index is 0.0432. The molecule has 0 aliphatic carbocycles. The third-order valence-corrected chi connectivity index (χ3v) is 1.75. The second kappa shape index (κ2) is 7.73. The summed E-state index contributed by atoms with van der Waals surface area (Å²) in [6.07, 6.45) is -0.359. The summed E-state index contributed by atoms with van der Waals surface area (Å²) in [7, 11) is 1.39. The maximum absolute atomic E-state index is 11.3. The molecular weight excluding hydrogens is 246 g/mol. The molecule has 0 bridgehead atoms. The second-order valence-corrected chi connectivity index (χ2v) is 3.08. The first-order valence-electron chi connectivity index (χ1n) is 4.73. The van der Waals surface area contributed by atoms with E-state index in [1.54, 1.807) is 0 Å². The quantitative estimate of drug-likeness (QED) is 0.196. The predicted octanol–water partition coefficient (Wildman–Crippen LogP) is -2.18. The summed E-state index contributed by atoms with van der Waals surface area (Å²) >= 11 is 0. The number of likely N-dealkylation sites (N-methyl/N-ethyl adjacent to an activating group) is 1. The average Bonchev–Trinajstić information content (AvgIpc) is 2.25. The topological polar surface area (TPSA) is 160 Å². The van der Waals surface area contributed by atoms with Gasteiger partial charge in [-0.15, -0.1) is 5.17 Å². The summed E-state index contributed by atoms with van der Waals surface area (Å²) in [4.78, 5) is 35.8. The Hall–Kier alpha value is -2.49. The van der Waals surface area contributed by atoms with Crippen LogP contribution in [0.25, 0.3) is 0 Å². The fraction of sp³-hybridized carbons (Fsp3) is 0.375. The summed E-state index contributed by atoms with van der Waals surface area (Å²) in [5.41, 5.74) is 5.55. The van der Waals surface area contributed by atoms with Crippen LogP contribution >= 0.6 is 0 Å². The van der Waals surface area contributed by atoms with E-state index in [0.717, 1.165) is 6.20 Å². The van der Waals surface area contributed by atoms with Crippen LogP contribution in [0.5, 0.6) is 0 Å². The van der Waals surface area contributed by atoms with Crippen molar-refractivity contribution in [3.05, 3.63) is 11.9 Å². The second-order valence-electron chi connectivity index (χ2n) is 3.08. The smallest absolute Gasteiger partial charge is 0.448 e. The molecule has 102 valence electrons. The Morgan fingerprint density at radius 3 is 2.61 bits per heavy atom. The van der Waals surface area contributed by atoms with Gasteiger partial charge in [0.2, 0.25) is 12.3 Å². The molecule has 1 atom stereocenters. The van der Waals surface area contributed by atoms with Crippen LogP contribution in [0.1, 0.15) is 6.42 Å². The molecule has 2 amide bonds. The van der Waals surface area contributed by atoms with E-state index in [2.05, 4.69) is 15.5 Å². The van der Waals surface area contributed by atoms with Crippen molar-refractivity contribution in [2.75, 3.05) is 7.05 Å². The minimum atomic E-state index is -1.62. The largest absolute Gasteiger partial charge is 0.532 e. The van der Waals surface area contributed by atoms with Crippen molar-refractivity contribution in [1.82, 2.24) is 15.8 Å². The zero-order valence-electron chi connectivity index (χ0n) is 9.62. The van der Waals surface area contributed by atoms with Gasteiger partial charge in [-0.25, -0.2) is 10.6 Å². The SMILES string of the molecule is CNC(=O)C(C/C(N)=C/N(N)OC(=O)O)NC=O. The number of amides is 2. The average molecular weight is 261 g/mol. The highest BCUT2D eigenvalue weighted by atomic mass is 16.8. The van der Waals surface area contributed by atoms with Crippen LogP contribution in [0.15, 0.2) is 11.9 Å². The van der Waals surface area contributed by atoms with Gasteiger partial charge >= 0.3 is 6.16 Å². The van der Waals surface area contributed by atoms with Crippen LogP contribution in [-0.2, 0) is 14.4 Å².